The van der Waals surface area contributed by atoms with Gasteiger partial charge in [0.15, 0.2) is 0 Å². The van der Waals surface area contributed by atoms with Crippen molar-refractivity contribution in [2.24, 2.45) is 0 Å². The molecule has 2 atom stereocenters. The summed E-state index contributed by atoms with van der Waals surface area (Å²) in [5, 5.41) is 0.198. The fraction of sp³-hybridized carbons (Fsp3) is 0.500. The number of pyridine rings is 1. The van der Waals surface area contributed by atoms with Crippen molar-refractivity contribution < 1.29 is 28.5 Å². The number of benzene rings is 1. The van der Waals surface area contributed by atoms with E-state index in [0.717, 1.165) is 24.0 Å². The van der Waals surface area contributed by atoms with Gasteiger partial charge < -0.3 is 29.6 Å². The average molecular weight is 516 g/mol. The first-order chi connectivity index (χ1) is 17.4. The Morgan fingerprint density at radius 2 is 2.19 bits per heavy atom. The minimum absolute atomic E-state index is 0.107. The molecule has 0 bridgehead atoms. The van der Waals surface area contributed by atoms with E-state index in [-0.39, 0.29) is 41.3 Å². The number of aryl methyl sites for hydroxylation is 2. The van der Waals surface area contributed by atoms with Gasteiger partial charge in [0.2, 0.25) is 5.88 Å². The van der Waals surface area contributed by atoms with Crippen LogP contribution in [0.25, 0.3) is 0 Å². The quantitative estimate of drug-likeness (QED) is 0.581. The van der Waals surface area contributed by atoms with Crippen LogP contribution in [0.4, 0.5) is 5.69 Å². The molecule has 5 rings (SSSR count). The molecule has 1 aromatic heterocycles. The number of hydrogen-bond donors (Lipinski definition) is 1. The van der Waals surface area contributed by atoms with Crippen molar-refractivity contribution in [1.29, 1.82) is 0 Å². The van der Waals surface area contributed by atoms with E-state index in [2.05, 4.69) is 4.98 Å². The first kappa shape index (κ1) is 24.5. The van der Waals surface area contributed by atoms with Crippen LogP contribution in [0, 0.1) is 6.92 Å². The number of carbonyl (C=O) groups is 2. The van der Waals surface area contributed by atoms with Crippen molar-refractivity contribution in [3.63, 3.8) is 0 Å². The lowest BCUT2D eigenvalue weighted by atomic mass is 9.96. The standard InChI is InChI=1S/C26H30ClN3O6/c1-3-33-20(31)7-6-15-11-29-25(22(27)23(15)28)36-17-10-16-13-35-19-9-14(2)18-5-4-8-34-24(18)21(19)26(32)30(16)12-17/h9,11,16-17H,3-8,10,12-13H2,1-2H3,(H2,28,29)/t16-,17+/m1/s1. The molecular formula is C26H30ClN3O6. The zero-order valence-corrected chi connectivity index (χ0v) is 21.2. The van der Waals surface area contributed by atoms with E-state index in [1.54, 1.807) is 18.0 Å². The van der Waals surface area contributed by atoms with Crippen LogP contribution in [0.3, 0.4) is 0 Å². The number of halogens is 1. The maximum Gasteiger partial charge on any atom is 0.306 e. The Bertz CT molecular complexity index is 1200. The summed E-state index contributed by atoms with van der Waals surface area (Å²) in [7, 11) is 0. The number of anilines is 1. The summed E-state index contributed by atoms with van der Waals surface area (Å²) >= 11 is 6.47. The molecule has 3 aliphatic heterocycles. The molecule has 192 valence electrons. The molecule has 36 heavy (non-hydrogen) atoms. The highest BCUT2D eigenvalue weighted by molar-refractivity contribution is 6.34. The second kappa shape index (κ2) is 10.0. The molecule has 9 nitrogen and oxygen atoms in total. The third kappa shape index (κ3) is 4.52. The molecule has 1 amide bonds. The summed E-state index contributed by atoms with van der Waals surface area (Å²) in [4.78, 5) is 31.5. The average Bonchev–Trinajstić information content (AvgIpc) is 3.22. The molecule has 1 aromatic carbocycles. The Kier molecular flexibility index (Phi) is 6.83. The maximum atomic E-state index is 13.6. The summed E-state index contributed by atoms with van der Waals surface area (Å²) in [5.41, 5.74) is 9.86. The summed E-state index contributed by atoms with van der Waals surface area (Å²) < 4.78 is 23.1. The van der Waals surface area contributed by atoms with Crippen molar-refractivity contribution >= 4 is 29.2 Å². The second-order valence-corrected chi connectivity index (χ2v) is 9.72. The van der Waals surface area contributed by atoms with Gasteiger partial charge in [-0.25, -0.2) is 4.98 Å². The molecule has 0 unspecified atom stereocenters. The predicted molar refractivity (Wildman–Crippen MR) is 133 cm³/mol. The maximum absolute atomic E-state index is 13.6. The van der Waals surface area contributed by atoms with Crippen molar-refractivity contribution in [2.45, 2.75) is 58.1 Å². The number of nitrogen functional groups attached to an aromatic ring is 1. The molecular weight excluding hydrogens is 486 g/mol. The van der Waals surface area contributed by atoms with Crippen LogP contribution < -0.4 is 19.9 Å². The largest absolute Gasteiger partial charge is 0.492 e. The molecule has 0 spiro atoms. The van der Waals surface area contributed by atoms with Gasteiger partial charge in [-0.05, 0) is 55.9 Å². The highest BCUT2D eigenvalue weighted by atomic mass is 35.5. The molecule has 1 fully saturated rings. The summed E-state index contributed by atoms with van der Waals surface area (Å²) in [6.07, 6.45) is 4.20. The lowest BCUT2D eigenvalue weighted by molar-refractivity contribution is -0.143. The fourth-order valence-electron chi connectivity index (χ4n) is 5.13. The lowest BCUT2D eigenvalue weighted by Gasteiger charge is -2.25. The number of aromatic nitrogens is 1. The fourth-order valence-corrected chi connectivity index (χ4v) is 5.35. The second-order valence-electron chi connectivity index (χ2n) is 9.35. The minimum atomic E-state index is -0.318. The molecule has 0 aliphatic carbocycles. The van der Waals surface area contributed by atoms with Gasteiger partial charge in [-0.3, -0.25) is 9.59 Å². The molecule has 0 saturated carbocycles. The molecule has 2 aromatic rings. The third-order valence-electron chi connectivity index (χ3n) is 6.96. The summed E-state index contributed by atoms with van der Waals surface area (Å²) in [5.74, 6) is 1.04. The monoisotopic (exact) mass is 515 g/mol. The lowest BCUT2D eigenvalue weighted by Crippen LogP contribution is -2.37. The normalized spacial score (nSPS) is 20.4. The Labute approximate surface area is 214 Å². The van der Waals surface area contributed by atoms with E-state index in [1.807, 2.05) is 13.0 Å². The Morgan fingerprint density at radius 1 is 1.36 bits per heavy atom. The number of hydrogen-bond acceptors (Lipinski definition) is 8. The highest BCUT2D eigenvalue weighted by Crippen LogP contribution is 2.42. The molecule has 2 N–H and O–H groups in total. The van der Waals surface area contributed by atoms with Crippen LogP contribution in [-0.2, 0) is 22.4 Å². The minimum Gasteiger partial charge on any atom is -0.492 e. The van der Waals surface area contributed by atoms with Gasteiger partial charge in [0, 0.05) is 19.0 Å². The first-order valence-corrected chi connectivity index (χ1v) is 12.7. The Morgan fingerprint density at radius 3 is 3.00 bits per heavy atom. The van der Waals surface area contributed by atoms with E-state index in [4.69, 9.17) is 36.3 Å². The van der Waals surface area contributed by atoms with Crippen molar-refractivity contribution in [3.8, 4) is 17.4 Å². The number of fused-ring (bicyclic) bond motifs is 4. The van der Waals surface area contributed by atoms with Crippen LogP contribution in [0.2, 0.25) is 5.02 Å². The predicted octanol–water partition coefficient (Wildman–Crippen LogP) is 3.50. The zero-order valence-electron chi connectivity index (χ0n) is 20.5. The van der Waals surface area contributed by atoms with Gasteiger partial charge in [0.05, 0.1) is 31.5 Å². The molecule has 3 aliphatic rings. The molecule has 4 heterocycles. The number of rotatable bonds is 6. The van der Waals surface area contributed by atoms with Gasteiger partial charge >= 0.3 is 5.97 Å². The SMILES string of the molecule is CCOC(=O)CCc1cnc(O[C@H]2C[C@@H]3COc4cc(C)c5c(c4C(=O)N3C2)OCCC5)c(Cl)c1N. The summed E-state index contributed by atoms with van der Waals surface area (Å²) in [6.45, 7) is 5.45. The van der Waals surface area contributed by atoms with Crippen molar-refractivity contribution in [2.75, 3.05) is 32.1 Å². The number of amides is 1. The molecule has 0 radical (unpaired) electrons. The van der Waals surface area contributed by atoms with Gasteiger partial charge in [0.1, 0.15) is 34.8 Å². The smallest absolute Gasteiger partial charge is 0.306 e. The topological polar surface area (TPSA) is 113 Å². The third-order valence-corrected chi connectivity index (χ3v) is 7.33. The van der Waals surface area contributed by atoms with Gasteiger partial charge in [-0.2, -0.15) is 0 Å². The number of nitrogens with two attached hydrogens (primary N) is 1. The van der Waals surface area contributed by atoms with Crippen LogP contribution in [0.15, 0.2) is 12.3 Å². The van der Waals surface area contributed by atoms with E-state index < -0.39 is 0 Å². The Hall–Kier alpha value is -3.20. The number of nitrogens with zero attached hydrogens (tertiary/aromatic N) is 2. The highest BCUT2D eigenvalue weighted by Gasteiger charge is 2.42. The van der Waals surface area contributed by atoms with Gasteiger partial charge in [-0.1, -0.05) is 11.6 Å². The zero-order chi connectivity index (χ0) is 25.4. The van der Waals surface area contributed by atoms with E-state index in [9.17, 15) is 9.59 Å². The number of carbonyl (C=O) groups excluding carboxylic acids is 2. The van der Waals surface area contributed by atoms with Crippen LogP contribution in [-0.4, -0.2) is 60.3 Å². The first-order valence-electron chi connectivity index (χ1n) is 12.4. The Balaban J connectivity index is 1.31. The van der Waals surface area contributed by atoms with Gasteiger partial charge in [0.25, 0.3) is 5.91 Å². The van der Waals surface area contributed by atoms with E-state index in [1.165, 1.54) is 0 Å². The van der Waals surface area contributed by atoms with Gasteiger partial charge in [-0.15, -0.1) is 0 Å². The van der Waals surface area contributed by atoms with Crippen molar-refractivity contribution in [1.82, 2.24) is 9.88 Å². The molecule has 10 heteroatoms. The number of ether oxygens (including phenoxy) is 4. The molecule has 1 saturated heterocycles. The van der Waals surface area contributed by atoms with Crippen LogP contribution in [0.5, 0.6) is 17.4 Å². The van der Waals surface area contributed by atoms with Crippen LogP contribution >= 0.6 is 11.6 Å². The van der Waals surface area contributed by atoms with Crippen LogP contribution in [0.1, 0.15) is 53.2 Å². The summed E-state index contributed by atoms with van der Waals surface area (Å²) in [6, 6.07) is 1.81. The van der Waals surface area contributed by atoms with E-state index in [0.29, 0.717) is 67.5 Å². The van der Waals surface area contributed by atoms with E-state index >= 15 is 0 Å². The van der Waals surface area contributed by atoms with Crippen molar-refractivity contribution in [3.05, 3.63) is 39.5 Å². The number of esters is 1.